The smallest absolute Gasteiger partial charge is 0.266 e. The highest BCUT2D eigenvalue weighted by molar-refractivity contribution is 7.80. The number of hydrogen-bond donors (Lipinski definition) is 1. The first-order valence-electron chi connectivity index (χ1n) is 5.16. The zero-order valence-electron chi connectivity index (χ0n) is 9.38. The van der Waals surface area contributed by atoms with Crippen molar-refractivity contribution in [2.45, 2.75) is 0 Å². The van der Waals surface area contributed by atoms with Crippen LogP contribution in [0.4, 0.5) is 0 Å². The molecule has 0 radical (unpaired) electrons. The first-order valence-corrected chi connectivity index (χ1v) is 5.57. The molecule has 1 fully saturated rings. The number of nitrogens with zero attached hydrogens (tertiary/aromatic N) is 1. The zero-order valence-corrected chi connectivity index (χ0v) is 10.2. The lowest BCUT2D eigenvalue weighted by Gasteiger charge is -2.27. The van der Waals surface area contributed by atoms with Crippen LogP contribution < -0.4 is 5.32 Å². The standard InChI is InChI=1S/C12H10N2O3S/c1-2-5-14-11(16)9(10(15)13-12(14)18)7-8-4-3-6-17-8/h2-4,6-7H,1,5H2,(H,13,15,18)/b9-7+. The SMILES string of the molecule is C=CCN1C(=O)/C(=C/c2ccco2)C(=O)NC1=S. The van der Waals surface area contributed by atoms with Gasteiger partial charge in [-0.15, -0.1) is 6.58 Å². The van der Waals surface area contributed by atoms with Crippen molar-refractivity contribution in [3.05, 3.63) is 42.4 Å². The lowest BCUT2D eigenvalue weighted by atomic mass is 10.1. The van der Waals surface area contributed by atoms with Crippen LogP contribution in [0.25, 0.3) is 6.08 Å². The predicted molar refractivity (Wildman–Crippen MR) is 69.3 cm³/mol. The average Bonchev–Trinajstić information content (AvgIpc) is 2.83. The minimum Gasteiger partial charge on any atom is -0.465 e. The minimum atomic E-state index is -0.526. The van der Waals surface area contributed by atoms with Gasteiger partial charge >= 0.3 is 0 Å². The van der Waals surface area contributed by atoms with Gasteiger partial charge in [-0.05, 0) is 30.4 Å². The lowest BCUT2D eigenvalue weighted by Crippen LogP contribution is -2.53. The molecule has 2 amide bonds. The summed E-state index contributed by atoms with van der Waals surface area (Å²) in [7, 11) is 0. The van der Waals surface area contributed by atoms with Gasteiger partial charge in [0.15, 0.2) is 5.11 Å². The molecule has 0 aromatic carbocycles. The fourth-order valence-electron chi connectivity index (χ4n) is 1.50. The van der Waals surface area contributed by atoms with Crippen LogP contribution in [0.15, 0.2) is 41.0 Å². The summed E-state index contributed by atoms with van der Waals surface area (Å²) in [6, 6.07) is 3.32. The summed E-state index contributed by atoms with van der Waals surface area (Å²) in [4.78, 5) is 25.1. The van der Waals surface area contributed by atoms with E-state index >= 15 is 0 Å². The van der Waals surface area contributed by atoms with E-state index in [0.717, 1.165) is 0 Å². The third kappa shape index (κ3) is 2.23. The molecule has 1 N–H and O–H groups in total. The van der Waals surface area contributed by atoms with Crippen LogP contribution in [0.3, 0.4) is 0 Å². The van der Waals surface area contributed by atoms with Crippen LogP contribution in [-0.4, -0.2) is 28.4 Å². The van der Waals surface area contributed by atoms with E-state index in [2.05, 4.69) is 11.9 Å². The third-order valence-electron chi connectivity index (χ3n) is 2.33. The van der Waals surface area contributed by atoms with Crippen LogP contribution >= 0.6 is 12.2 Å². The van der Waals surface area contributed by atoms with Gasteiger partial charge in [-0.1, -0.05) is 6.08 Å². The van der Waals surface area contributed by atoms with Crippen LogP contribution in [0.2, 0.25) is 0 Å². The summed E-state index contributed by atoms with van der Waals surface area (Å²) >= 11 is 4.92. The molecule has 0 unspecified atom stereocenters. The third-order valence-corrected chi connectivity index (χ3v) is 2.65. The second kappa shape index (κ2) is 4.97. The molecule has 0 saturated carbocycles. The number of carbonyl (C=O) groups is 2. The van der Waals surface area contributed by atoms with Crippen molar-refractivity contribution in [1.29, 1.82) is 0 Å². The van der Waals surface area contributed by atoms with Gasteiger partial charge in [0.1, 0.15) is 11.3 Å². The normalized spacial score (nSPS) is 18.1. The number of carbonyl (C=O) groups excluding carboxylic acids is 2. The summed E-state index contributed by atoms with van der Waals surface area (Å²) < 4.78 is 5.07. The average molecular weight is 262 g/mol. The molecule has 0 bridgehead atoms. The van der Waals surface area contributed by atoms with Gasteiger partial charge in [0.2, 0.25) is 0 Å². The minimum absolute atomic E-state index is 0.0135. The highest BCUT2D eigenvalue weighted by Gasteiger charge is 2.32. The Morgan fingerprint density at radius 2 is 2.28 bits per heavy atom. The van der Waals surface area contributed by atoms with Crippen molar-refractivity contribution in [3.63, 3.8) is 0 Å². The largest absolute Gasteiger partial charge is 0.465 e. The van der Waals surface area contributed by atoms with E-state index in [1.165, 1.54) is 23.3 Å². The Morgan fingerprint density at radius 1 is 1.50 bits per heavy atom. The molecule has 1 saturated heterocycles. The summed E-state index contributed by atoms with van der Waals surface area (Å²) in [6.45, 7) is 3.78. The highest BCUT2D eigenvalue weighted by atomic mass is 32.1. The fourth-order valence-corrected chi connectivity index (χ4v) is 1.75. The van der Waals surface area contributed by atoms with E-state index in [4.69, 9.17) is 16.6 Å². The maximum atomic E-state index is 12.1. The van der Waals surface area contributed by atoms with Crippen molar-refractivity contribution in [2.75, 3.05) is 6.54 Å². The van der Waals surface area contributed by atoms with Crippen molar-refractivity contribution in [1.82, 2.24) is 10.2 Å². The fraction of sp³-hybridized carbons (Fsp3) is 0.0833. The van der Waals surface area contributed by atoms with E-state index in [1.807, 2.05) is 0 Å². The first-order chi connectivity index (χ1) is 8.63. The monoisotopic (exact) mass is 262 g/mol. The quantitative estimate of drug-likeness (QED) is 0.383. The summed E-state index contributed by atoms with van der Waals surface area (Å²) in [5.74, 6) is -0.554. The molecule has 5 nitrogen and oxygen atoms in total. The molecule has 1 aliphatic heterocycles. The number of nitrogens with one attached hydrogen (secondary N) is 1. The maximum absolute atomic E-state index is 12.1. The van der Waals surface area contributed by atoms with E-state index in [9.17, 15) is 9.59 Å². The van der Waals surface area contributed by atoms with Gasteiger partial charge in [-0.3, -0.25) is 19.8 Å². The second-order valence-corrected chi connectivity index (χ2v) is 3.92. The molecule has 1 aliphatic rings. The van der Waals surface area contributed by atoms with Crippen molar-refractivity contribution >= 4 is 35.2 Å². The van der Waals surface area contributed by atoms with Gasteiger partial charge in [0, 0.05) is 6.54 Å². The number of furan rings is 1. The highest BCUT2D eigenvalue weighted by Crippen LogP contribution is 2.14. The van der Waals surface area contributed by atoms with Gasteiger partial charge in [-0.2, -0.15) is 0 Å². The molecular weight excluding hydrogens is 252 g/mol. The maximum Gasteiger partial charge on any atom is 0.266 e. The number of amides is 2. The number of thiocarbonyl (C=S) groups is 1. The topological polar surface area (TPSA) is 62.6 Å². The van der Waals surface area contributed by atoms with Crippen LogP contribution in [-0.2, 0) is 9.59 Å². The van der Waals surface area contributed by atoms with E-state index in [0.29, 0.717) is 5.76 Å². The molecule has 0 spiro atoms. The number of rotatable bonds is 3. The molecule has 1 aromatic rings. The summed E-state index contributed by atoms with van der Waals surface area (Å²) in [6.07, 6.45) is 4.38. The molecule has 18 heavy (non-hydrogen) atoms. The Labute approximate surface area is 109 Å². The van der Waals surface area contributed by atoms with E-state index < -0.39 is 11.8 Å². The summed E-state index contributed by atoms with van der Waals surface area (Å²) in [5.41, 5.74) is -0.0135. The predicted octanol–water partition coefficient (Wildman–Crippen LogP) is 1.09. The van der Waals surface area contributed by atoms with Crippen molar-refractivity contribution in [3.8, 4) is 0 Å². The van der Waals surface area contributed by atoms with Crippen LogP contribution in [0, 0.1) is 0 Å². The lowest BCUT2D eigenvalue weighted by molar-refractivity contribution is -0.128. The van der Waals surface area contributed by atoms with Gasteiger partial charge in [0.25, 0.3) is 11.8 Å². The molecule has 1 aromatic heterocycles. The van der Waals surface area contributed by atoms with Crippen molar-refractivity contribution in [2.24, 2.45) is 0 Å². The summed E-state index contributed by atoms with van der Waals surface area (Å²) in [5, 5.41) is 2.53. The van der Waals surface area contributed by atoms with Crippen LogP contribution in [0.1, 0.15) is 5.76 Å². The molecule has 2 rings (SSSR count). The van der Waals surface area contributed by atoms with Crippen LogP contribution in [0.5, 0.6) is 0 Å². The Morgan fingerprint density at radius 3 is 2.89 bits per heavy atom. The van der Waals surface area contributed by atoms with E-state index in [-0.39, 0.29) is 17.2 Å². The Hall–Kier alpha value is -2.21. The first kappa shape index (κ1) is 12.3. The van der Waals surface area contributed by atoms with Gasteiger partial charge in [0.05, 0.1) is 6.26 Å². The molecule has 0 aliphatic carbocycles. The molecule has 0 atom stereocenters. The second-order valence-electron chi connectivity index (χ2n) is 3.54. The van der Waals surface area contributed by atoms with Gasteiger partial charge < -0.3 is 4.42 Å². The van der Waals surface area contributed by atoms with Gasteiger partial charge in [-0.25, -0.2) is 0 Å². The van der Waals surface area contributed by atoms with E-state index in [1.54, 1.807) is 12.1 Å². The Balaban J connectivity index is 2.35. The zero-order chi connectivity index (χ0) is 13.1. The van der Waals surface area contributed by atoms with Crippen molar-refractivity contribution < 1.29 is 14.0 Å². The molecule has 92 valence electrons. The Bertz CT molecular complexity index is 546. The molecular formula is C12H10N2O3S. The Kier molecular flexibility index (Phi) is 3.38. The number of hydrogen-bond acceptors (Lipinski definition) is 4. The molecule has 2 heterocycles. The molecule has 6 heteroatoms.